The lowest BCUT2D eigenvalue weighted by Crippen LogP contribution is -2.56. The number of likely N-dealkylation sites (N-methyl/N-ethyl adjacent to an activating group) is 1. The predicted octanol–water partition coefficient (Wildman–Crippen LogP) is 0.781. The van der Waals surface area contributed by atoms with Crippen molar-refractivity contribution in [3.63, 3.8) is 0 Å². The Hall–Kier alpha value is -1.44. The molecule has 1 aliphatic rings. The first-order valence-corrected chi connectivity index (χ1v) is 8.53. The van der Waals surface area contributed by atoms with Gasteiger partial charge in [0, 0.05) is 13.1 Å². The molecule has 0 saturated carbocycles. The Morgan fingerprint density at radius 3 is 2.74 bits per heavy atom. The molecule has 1 aromatic heterocycles. The topological polar surface area (TPSA) is 72.9 Å². The molecule has 0 aromatic carbocycles. The summed E-state index contributed by atoms with van der Waals surface area (Å²) in [4.78, 5) is 29.1. The third-order valence-electron chi connectivity index (χ3n) is 3.94. The second kappa shape index (κ2) is 6.59. The summed E-state index contributed by atoms with van der Waals surface area (Å²) in [5.74, 6) is -0.418. The molecule has 6 nitrogen and oxygen atoms in total. The monoisotopic (exact) mass is 339 g/mol. The maximum absolute atomic E-state index is 12.7. The van der Waals surface area contributed by atoms with Crippen molar-refractivity contribution in [3.8, 4) is 0 Å². The van der Waals surface area contributed by atoms with Gasteiger partial charge in [0.05, 0.1) is 17.0 Å². The van der Waals surface area contributed by atoms with Gasteiger partial charge in [-0.1, -0.05) is 6.07 Å². The lowest BCUT2D eigenvalue weighted by atomic mass is 10.0. The highest BCUT2D eigenvalue weighted by atomic mass is 32.1. The molecule has 0 spiro atoms. The molecule has 7 heteroatoms. The zero-order chi connectivity index (χ0) is 17.3. The van der Waals surface area contributed by atoms with E-state index in [9.17, 15) is 14.7 Å². The van der Waals surface area contributed by atoms with Gasteiger partial charge in [-0.3, -0.25) is 9.59 Å². The molecule has 128 valence electrons. The normalized spacial score (nSPS) is 21.7. The van der Waals surface area contributed by atoms with Crippen molar-refractivity contribution in [1.82, 2.24) is 15.1 Å². The molecule has 1 fully saturated rings. The first-order valence-electron chi connectivity index (χ1n) is 7.65. The first-order chi connectivity index (χ1) is 10.6. The highest BCUT2D eigenvalue weighted by Crippen LogP contribution is 2.24. The Balaban J connectivity index is 2.00. The standard InChI is InChI=1S/C16H25N3O3S/c1-15(2,17-13(20)12-6-5-9-23-12)14(21)19-8-7-16(22,11-19)10-18(3)4/h5-6,9,22H,7-8,10-11H2,1-4H3,(H,17,20)/t16-/m0/s1. The summed E-state index contributed by atoms with van der Waals surface area (Å²) < 4.78 is 0. The van der Waals surface area contributed by atoms with Gasteiger partial charge >= 0.3 is 0 Å². The maximum atomic E-state index is 12.7. The quantitative estimate of drug-likeness (QED) is 0.832. The number of β-amino-alcohol motifs (C(OH)–C–C–N with tert-alkyl or cyclic N) is 1. The van der Waals surface area contributed by atoms with Crippen LogP contribution >= 0.6 is 11.3 Å². The van der Waals surface area contributed by atoms with E-state index in [0.29, 0.717) is 30.9 Å². The first kappa shape index (κ1) is 17.9. The van der Waals surface area contributed by atoms with E-state index in [2.05, 4.69) is 5.32 Å². The molecule has 1 saturated heterocycles. The van der Waals surface area contributed by atoms with E-state index in [1.54, 1.807) is 30.9 Å². The van der Waals surface area contributed by atoms with Gasteiger partial charge in [-0.2, -0.15) is 0 Å². The molecule has 0 radical (unpaired) electrons. The molecule has 2 amide bonds. The molecule has 0 bridgehead atoms. The average Bonchev–Trinajstić information content (AvgIpc) is 3.06. The van der Waals surface area contributed by atoms with Crippen LogP contribution < -0.4 is 5.32 Å². The molecule has 0 aliphatic carbocycles. The van der Waals surface area contributed by atoms with Crippen LogP contribution in [0, 0.1) is 0 Å². The van der Waals surface area contributed by atoms with Crippen molar-refractivity contribution in [1.29, 1.82) is 0 Å². The molecular formula is C16H25N3O3S. The van der Waals surface area contributed by atoms with Gasteiger partial charge in [0.2, 0.25) is 5.91 Å². The van der Waals surface area contributed by atoms with Crippen LogP contribution in [-0.2, 0) is 4.79 Å². The number of nitrogens with one attached hydrogen (secondary N) is 1. The van der Waals surface area contributed by atoms with E-state index < -0.39 is 11.1 Å². The molecule has 2 N–H and O–H groups in total. The van der Waals surface area contributed by atoms with E-state index >= 15 is 0 Å². The van der Waals surface area contributed by atoms with Crippen LogP contribution in [0.15, 0.2) is 17.5 Å². The van der Waals surface area contributed by atoms with Gasteiger partial charge in [-0.15, -0.1) is 11.3 Å². The molecule has 23 heavy (non-hydrogen) atoms. The number of carbonyl (C=O) groups is 2. The third kappa shape index (κ3) is 4.31. The number of nitrogens with zero attached hydrogens (tertiary/aromatic N) is 2. The van der Waals surface area contributed by atoms with Crippen LogP contribution in [0.4, 0.5) is 0 Å². The van der Waals surface area contributed by atoms with E-state index in [1.807, 2.05) is 24.4 Å². The number of hydrogen-bond donors (Lipinski definition) is 2. The van der Waals surface area contributed by atoms with Crippen LogP contribution in [0.5, 0.6) is 0 Å². The summed E-state index contributed by atoms with van der Waals surface area (Å²) in [6.45, 7) is 4.71. The van der Waals surface area contributed by atoms with Crippen LogP contribution in [0.3, 0.4) is 0 Å². The van der Waals surface area contributed by atoms with Gasteiger partial charge in [0.1, 0.15) is 5.54 Å². The Labute approximate surface area is 141 Å². The van der Waals surface area contributed by atoms with E-state index in [4.69, 9.17) is 0 Å². The number of hydrogen-bond acceptors (Lipinski definition) is 5. The largest absolute Gasteiger partial charge is 0.387 e. The zero-order valence-corrected chi connectivity index (χ0v) is 14.9. The second-order valence-corrected chi connectivity index (χ2v) is 7.94. The highest BCUT2D eigenvalue weighted by molar-refractivity contribution is 7.12. The Morgan fingerprint density at radius 1 is 1.48 bits per heavy atom. The molecule has 1 atom stereocenters. The van der Waals surface area contributed by atoms with Crippen LogP contribution in [-0.4, -0.2) is 71.6 Å². The molecule has 2 heterocycles. The van der Waals surface area contributed by atoms with E-state index in [-0.39, 0.29) is 11.8 Å². The summed E-state index contributed by atoms with van der Waals surface area (Å²) in [7, 11) is 3.79. The SMILES string of the molecule is CN(C)C[C@@]1(O)CCN(C(=O)C(C)(C)NC(=O)c2cccs2)C1. The van der Waals surface area contributed by atoms with E-state index in [0.717, 1.165) is 0 Å². The fourth-order valence-electron chi connectivity index (χ4n) is 2.95. The van der Waals surface area contributed by atoms with Crippen molar-refractivity contribution in [2.75, 3.05) is 33.7 Å². The second-order valence-electron chi connectivity index (χ2n) is 7.00. The number of carbonyl (C=O) groups excluding carboxylic acids is 2. The van der Waals surface area contributed by atoms with Crippen molar-refractivity contribution in [2.45, 2.75) is 31.4 Å². The van der Waals surface area contributed by atoms with Crippen LogP contribution in [0.2, 0.25) is 0 Å². The Morgan fingerprint density at radius 2 is 2.17 bits per heavy atom. The molecular weight excluding hydrogens is 314 g/mol. The Bertz CT molecular complexity index is 571. The summed E-state index contributed by atoms with van der Waals surface area (Å²) in [6, 6.07) is 3.53. The molecule has 0 unspecified atom stereocenters. The summed E-state index contributed by atoms with van der Waals surface area (Å²) in [6.07, 6.45) is 0.547. The highest BCUT2D eigenvalue weighted by Gasteiger charge is 2.43. The van der Waals surface area contributed by atoms with Crippen LogP contribution in [0.25, 0.3) is 0 Å². The summed E-state index contributed by atoms with van der Waals surface area (Å²) >= 11 is 1.34. The van der Waals surface area contributed by atoms with Gasteiger partial charge in [-0.05, 0) is 45.8 Å². The number of likely N-dealkylation sites (tertiary alicyclic amines) is 1. The zero-order valence-electron chi connectivity index (χ0n) is 14.1. The van der Waals surface area contributed by atoms with E-state index in [1.165, 1.54) is 11.3 Å². The predicted molar refractivity (Wildman–Crippen MR) is 90.6 cm³/mol. The van der Waals surface area contributed by atoms with Crippen molar-refractivity contribution in [3.05, 3.63) is 22.4 Å². The summed E-state index contributed by atoms with van der Waals surface area (Å²) in [5, 5.41) is 15.2. The number of aliphatic hydroxyl groups is 1. The number of amides is 2. The minimum atomic E-state index is -1.01. The minimum absolute atomic E-state index is 0.169. The van der Waals surface area contributed by atoms with Gasteiger partial charge in [0.15, 0.2) is 0 Å². The lowest BCUT2D eigenvalue weighted by Gasteiger charge is -2.31. The third-order valence-corrected chi connectivity index (χ3v) is 4.80. The minimum Gasteiger partial charge on any atom is -0.387 e. The van der Waals surface area contributed by atoms with Crippen LogP contribution in [0.1, 0.15) is 29.9 Å². The van der Waals surface area contributed by atoms with Crippen molar-refractivity contribution in [2.24, 2.45) is 0 Å². The maximum Gasteiger partial charge on any atom is 0.262 e. The molecule has 1 aromatic rings. The summed E-state index contributed by atoms with van der Waals surface area (Å²) in [5.41, 5.74) is -1.89. The Kier molecular flexibility index (Phi) is 5.13. The molecule has 1 aliphatic heterocycles. The van der Waals surface area contributed by atoms with Gasteiger partial charge < -0.3 is 20.2 Å². The van der Waals surface area contributed by atoms with Gasteiger partial charge in [-0.25, -0.2) is 0 Å². The number of thiophene rings is 1. The average molecular weight is 339 g/mol. The molecule has 2 rings (SSSR count). The van der Waals surface area contributed by atoms with Crippen molar-refractivity contribution < 1.29 is 14.7 Å². The smallest absolute Gasteiger partial charge is 0.262 e. The van der Waals surface area contributed by atoms with Crippen molar-refractivity contribution >= 4 is 23.2 Å². The fourth-order valence-corrected chi connectivity index (χ4v) is 3.57. The lowest BCUT2D eigenvalue weighted by molar-refractivity contribution is -0.136. The van der Waals surface area contributed by atoms with Gasteiger partial charge in [0.25, 0.3) is 5.91 Å². The fraction of sp³-hybridized carbons (Fsp3) is 0.625. The number of rotatable bonds is 5.